The number of hydrogen-bond acceptors (Lipinski definition) is 3. The molecular formula is C23H30IN5O. The molecule has 0 amide bonds. The van der Waals surface area contributed by atoms with Gasteiger partial charge in [0.05, 0.1) is 13.1 Å². The molecule has 0 saturated heterocycles. The van der Waals surface area contributed by atoms with E-state index in [-0.39, 0.29) is 24.0 Å². The van der Waals surface area contributed by atoms with Crippen LogP contribution in [0, 0.1) is 6.92 Å². The van der Waals surface area contributed by atoms with E-state index >= 15 is 0 Å². The molecule has 0 aliphatic heterocycles. The van der Waals surface area contributed by atoms with Crippen LogP contribution in [0.5, 0.6) is 5.75 Å². The number of rotatable bonds is 8. The number of ether oxygens (including phenoxy) is 1. The first-order valence-electron chi connectivity index (χ1n) is 9.81. The average Bonchev–Trinajstić information content (AvgIpc) is 3.17. The Morgan fingerprint density at radius 2 is 1.87 bits per heavy atom. The maximum Gasteiger partial charge on any atom is 0.193 e. The summed E-state index contributed by atoms with van der Waals surface area (Å²) in [5, 5.41) is 3.39. The van der Waals surface area contributed by atoms with Gasteiger partial charge in [-0.3, -0.25) is 4.99 Å². The van der Waals surface area contributed by atoms with Gasteiger partial charge in [0.25, 0.3) is 0 Å². The normalized spacial score (nSPS) is 11.0. The molecule has 0 unspecified atom stereocenters. The van der Waals surface area contributed by atoms with Crippen molar-refractivity contribution in [2.75, 3.05) is 27.2 Å². The molecule has 0 atom stereocenters. The fourth-order valence-electron chi connectivity index (χ4n) is 3.01. The van der Waals surface area contributed by atoms with Gasteiger partial charge in [-0.25, -0.2) is 4.98 Å². The molecule has 160 valence electrons. The number of aliphatic imine (C=N–C) groups is 1. The third kappa shape index (κ3) is 7.05. The van der Waals surface area contributed by atoms with Gasteiger partial charge < -0.3 is 19.5 Å². The molecule has 3 aromatic rings. The monoisotopic (exact) mass is 519 g/mol. The van der Waals surface area contributed by atoms with Gasteiger partial charge in [0.15, 0.2) is 5.96 Å². The lowest BCUT2D eigenvalue weighted by molar-refractivity contribution is 0.281. The third-order valence-corrected chi connectivity index (χ3v) is 4.69. The molecule has 1 N–H and O–H groups in total. The molecule has 2 aromatic carbocycles. The highest BCUT2D eigenvalue weighted by atomic mass is 127. The first-order valence-corrected chi connectivity index (χ1v) is 9.81. The molecular weight excluding hydrogens is 489 g/mol. The number of hydrogen-bond donors (Lipinski definition) is 1. The lowest BCUT2D eigenvalue weighted by Gasteiger charge is -2.22. The maximum atomic E-state index is 5.82. The van der Waals surface area contributed by atoms with Gasteiger partial charge in [-0.2, -0.15) is 0 Å². The molecule has 7 heteroatoms. The highest BCUT2D eigenvalue weighted by Gasteiger charge is 2.09. The Balaban J connectivity index is 0.00000320. The highest BCUT2D eigenvalue weighted by Crippen LogP contribution is 2.11. The summed E-state index contributed by atoms with van der Waals surface area (Å²) in [7, 11) is 3.79. The Hall–Kier alpha value is -2.55. The molecule has 0 saturated carbocycles. The zero-order chi connectivity index (χ0) is 20.5. The van der Waals surface area contributed by atoms with Crippen LogP contribution in [0.25, 0.3) is 0 Å². The van der Waals surface area contributed by atoms with Crippen LogP contribution in [0.2, 0.25) is 0 Å². The quantitative estimate of drug-likeness (QED) is 0.278. The molecule has 0 radical (unpaired) electrons. The van der Waals surface area contributed by atoms with E-state index in [1.165, 1.54) is 11.1 Å². The number of guanidine groups is 1. The lowest BCUT2D eigenvalue weighted by Crippen LogP contribution is -2.40. The van der Waals surface area contributed by atoms with Gasteiger partial charge in [-0.1, -0.05) is 48.0 Å². The van der Waals surface area contributed by atoms with E-state index in [0.29, 0.717) is 13.2 Å². The number of aromatic nitrogens is 2. The molecule has 3 rings (SSSR count). The van der Waals surface area contributed by atoms with Crippen LogP contribution < -0.4 is 10.1 Å². The smallest absolute Gasteiger partial charge is 0.193 e. The second kappa shape index (κ2) is 12.2. The maximum absolute atomic E-state index is 5.82. The molecule has 0 spiro atoms. The van der Waals surface area contributed by atoms with Crippen molar-refractivity contribution in [1.82, 2.24) is 19.8 Å². The molecule has 1 heterocycles. The summed E-state index contributed by atoms with van der Waals surface area (Å²) in [5.41, 5.74) is 2.48. The summed E-state index contributed by atoms with van der Waals surface area (Å²) in [6.45, 7) is 4.79. The Morgan fingerprint density at radius 1 is 1.13 bits per heavy atom. The van der Waals surface area contributed by atoms with Gasteiger partial charge in [0.1, 0.15) is 18.2 Å². The number of benzene rings is 2. The zero-order valence-corrected chi connectivity index (χ0v) is 20.1. The highest BCUT2D eigenvalue weighted by molar-refractivity contribution is 14.0. The molecule has 0 aliphatic rings. The molecule has 6 nitrogen and oxygen atoms in total. The van der Waals surface area contributed by atoms with E-state index in [1.807, 2.05) is 37.6 Å². The Labute approximate surface area is 196 Å². The second-order valence-corrected chi connectivity index (χ2v) is 6.94. The van der Waals surface area contributed by atoms with Crippen molar-refractivity contribution in [1.29, 1.82) is 0 Å². The molecule has 1 aromatic heterocycles. The van der Waals surface area contributed by atoms with Crippen molar-refractivity contribution in [3.63, 3.8) is 0 Å². The SMILES string of the molecule is CN=C(NCc1nccn1Cc1ccccc1)N(C)CCOc1ccc(C)cc1.I. The van der Waals surface area contributed by atoms with Crippen molar-refractivity contribution in [2.45, 2.75) is 20.0 Å². The largest absolute Gasteiger partial charge is 0.492 e. The number of nitrogens with one attached hydrogen (secondary N) is 1. The number of halogens is 1. The van der Waals surface area contributed by atoms with E-state index in [2.05, 4.69) is 68.1 Å². The standard InChI is InChI=1S/C23H29N5O.HI/c1-19-9-11-21(12-10-19)29-16-15-27(3)23(24-2)26-17-22-25-13-14-28(22)18-20-7-5-4-6-8-20;/h4-14H,15-18H2,1-3H3,(H,24,26);1H. The van der Waals surface area contributed by atoms with Crippen LogP contribution in [0.15, 0.2) is 72.0 Å². The zero-order valence-electron chi connectivity index (χ0n) is 17.8. The number of aryl methyl sites for hydroxylation is 1. The molecule has 0 bridgehead atoms. The Kier molecular flexibility index (Phi) is 9.66. The van der Waals surface area contributed by atoms with Gasteiger partial charge in [-0.15, -0.1) is 24.0 Å². The Bertz CT molecular complexity index is 909. The van der Waals surface area contributed by atoms with Crippen LogP contribution in [0.4, 0.5) is 0 Å². The molecule has 0 fully saturated rings. The second-order valence-electron chi connectivity index (χ2n) is 6.94. The summed E-state index contributed by atoms with van der Waals surface area (Å²) < 4.78 is 7.97. The van der Waals surface area contributed by atoms with Gasteiger partial charge >= 0.3 is 0 Å². The van der Waals surface area contributed by atoms with Gasteiger partial charge in [-0.05, 0) is 24.6 Å². The lowest BCUT2D eigenvalue weighted by atomic mass is 10.2. The van der Waals surface area contributed by atoms with Gasteiger partial charge in [0.2, 0.25) is 0 Å². The van der Waals surface area contributed by atoms with Crippen LogP contribution in [0.1, 0.15) is 17.0 Å². The van der Waals surface area contributed by atoms with E-state index in [4.69, 9.17) is 4.74 Å². The number of nitrogens with zero attached hydrogens (tertiary/aromatic N) is 4. The predicted octanol–water partition coefficient (Wildman–Crippen LogP) is 3.94. The topological polar surface area (TPSA) is 54.7 Å². The summed E-state index contributed by atoms with van der Waals surface area (Å²) >= 11 is 0. The number of likely N-dealkylation sites (N-methyl/N-ethyl adjacent to an activating group) is 1. The van der Waals surface area contributed by atoms with E-state index in [1.54, 1.807) is 7.05 Å². The van der Waals surface area contributed by atoms with Crippen LogP contribution >= 0.6 is 24.0 Å². The van der Waals surface area contributed by atoms with Crippen molar-refractivity contribution in [2.24, 2.45) is 4.99 Å². The molecule has 30 heavy (non-hydrogen) atoms. The van der Waals surface area contributed by atoms with Crippen LogP contribution in [-0.2, 0) is 13.1 Å². The summed E-state index contributed by atoms with van der Waals surface area (Å²) in [5.74, 6) is 2.67. The summed E-state index contributed by atoms with van der Waals surface area (Å²) in [6.07, 6.45) is 3.84. The third-order valence-electron chi connectivity index (χ3n) is 4.69. The van der Waals surface area contributed by atoms with Gasteiger partial charge in [0, 0.05) is 33.0 Å². The van der Waals surface area contributed by atoms with E-state index < -0.39 is 0 Å². The fraction of sp³-hybridized carbons (Fsp3) is 0.304. The summed E-state index contributed by atoms with van der Waals surface area (Å²) in [4.78, 5) is 10.9. The predicted molar refractivity (Wildman–Crippen MR) is 133 cm³/mol. The summed E-state index contributed by atoms with van der Waals surface area (Å²) in [6, 6.07) is 18.5. The minimum atomic E-state index is 0. The average molecular weight is 519 g/mol. The Morgan fingerprint density at radius 3 is 2.57 bits per heavy atom. The minimum Gasteiger partial charge on any atom is -0.492 e. The number of imidazole rings is 1. The van der Waals surface area contributed by atoms with Crippen molar-refractivity contribution >= 4 is 29.9 Å². The first kappa shape index (κ1) is 23.7. The van der Waals surface area contributed by atoms with E-state index in [0.717, 1.165) is 30.6 Å². The minimum absolute atomic E-state index is 0. The van der Waals surface area contributed by atoms with Crippen molar-refractivity contribution in [3.8, 4) is 5.75 Å². The molecule has 0 aliphatic carbocycles. The van der Waals surface area contributed by atoms with E-state index in [9.17, 15) is 0 Å². The van der Waals surface area contributed by atoms with Crippen LogP contribution in [-0.4, -0.2) is 47.7 Å². The first-order chi connectivity index (χ1) is 14.2. The van der Waals surface area contributed by atoms with Crippen molar-refractivity contribution < 1.29 is 4.74 Å². The fourth-order valence-corrected chi connectivity index (χ4v) is 3.01. The van der Waals surface area contributed by atoms with Crippen molar-refractivity contribution in [3.05, 3.63) is 83.9 Å². The van der Waals surface area contributed by atoms with Crippen LogP contribution in [0.3, 0.4) is 0 Å².